The summed E-state index contributed by atoms with van der Waals surface area (Å²) in [5, 5.41) is 2.48. The topological polar surface area (TPSA) is 85.4 Å². The Labute approximate surface area is 164 Å². The van der Waals surface area contributed by atoms with Crippen molar-refractivity contribution in [3.05, 3.63) is 56.8 Å². The number of rotatable bonds is 5. The van der Waals surface area contributed by atoms with Crippen LogP contribution in [-0.2, 0) is 9.53 Å². The van der Waals surface area contributed by atoms with Crippen molar-refractivity contribution in [2.24, 2.45) is 0 Å². The number of ketones is 1. The molecule has 9 heteroatoms. The maximum absolute atomic E-state index is 12.1. The van der Waals surface area contributed by atoms with Crippen molar-refractivity contribution in [1.82, 2.24) is 4.98 Å². The van der Waals surface area contributed by atoms with Gasteiger partial charge in [-0.1, -0.05) is 34.8 Å². The summed E-state index contributed by atoms with van der Waals surface area (Å²) in [7, 11) is 0. The zero-order valence-corrected chi connectivity index (χ0v) is 15.9. The largest absolute Gasteiger partial charge is 0.448 e. The molecule has 6 nitrogen and oxygen atoms in total. The molecule has 0 unspecified atom stereocenters. The van der Waals surface area contributed by atoms with Gasteiger partial charge in [-0.15, -0.1) is 0 Å². The van der Waals surface area contributed by atoms with Gasteiger partial charge in [-0.25, -0.2) is 9.78 Å². The van der Waals surface area contributed by atoms with Gasteiger partial charge in [0.15, 0.2) is 17.6 Å². The molecular formula is C17H13Cl3N2O4. The Bertz CT molecular complexity index is 869. The number of Topliss-reactive ketones (excluding diaryl/α,β-unsaturated/α-hetero) is 1. The highest BCUT2D eigenvalue weighted by Crippen LogP contribution is 2.31. The van der Waals surface area contributed by atoms with E-state index in [-0.39, 0.29) is 26.5 Å². The number of halogens is 3. The van der Waals surface area contributed by atoms with Gasteiger partial charge in [0.25, 0.3) is 5.91 Å². The van der Waals surface area contributed by atoms with E-state index in [4.69, 9.17) is 39.5 Å². The third-order valence-electron chi connectivity index (χ3n) is 3.32. The number of carbonyl (C=O) groups is 3. The number of benzene rings is 1. The lowest BCUT2D eigenvalue weighted by Crippen LogP contribution is -2.30. The molecule has 1 aromatic heterocycles. The molecule has 0 saturated carbocycles. The summed E-state index contributed by atoms with van der Waals surface area (Å²) in [5.74, 6) is -1.57. The molecule has 1 heterocycles. The fraction of sp³-hybridized carbons (Fsp3) is 0.176. The minimum Gasteiger partial charge on any atom is -0.448 e. The molecule has 0 aliphatic carbocycles. The van der Waals surface area contributed by atoms with Gasteiger partial charge in [0.2, 0.25) is 0 Å². The monoisotopic (exact) mass is 414 g/mol. The second kappa shape index (κ2) is 8.49. The first-order valence-corrected chi connectivity index (χ1v) is 8.46. The molecule has 1 aromatic carbocycles. The first kappa shape index (κ1) is 20.2. The predicted octanol–water partition coefficient (Wildman–Crippen LogP) is 4.43. The number of nitrogens with zero attached hydrogens (tertiary/aromatic N) is 1. The first-order chi connectivity index (χ1) is 12.2. The summed E-state index contributed by atoms with van der Waals surface area (Å²) >= 11 is 17.5. The van der Waals surface area contributed by atoms with Crippen LogP contribution in [0.15, 0.2) is 30.5 Å². The third-order valence-corrected chi connectivity index (χ3v) is 4.56. The van der Waals surface area contributed by atoms with Crippen molar-refractivity contribution in [2.75, 3.05) is 5.32 Å². The molecule has 0 spiro atoms. The molecule has 1 atom stereocenters. The summed E-state index contributed by atoms with van der Waals surface area (Å²) in [6, 6.07) is 6.29. The fourth-order valence-corrected chi connectivity index (χ4v) is 2.45. The van der Waals surface area contributed by atoms with Crippen molar-refractivity contribution >= 4 is 58.1 Å². The lowest BCUT2D eigenvalue weighted by Gasteiger charge is -2.14. The van der Waals surface area contributed by atoms with Crippen LogP contribution in [0.5, 0.6) is 0 Å². The Morgan fingerprint density at radius 2 is 1.69 bits per heavy atom. The molecule has 0 aliphatic heterocycles. The van der Waals surface area contributed by atoms with Crippen LogP contribution in [0.1, 0.15) is 34.7 Å². The lowest BCUT2D eigenvalue weighted by atomic mass is 10.1. The number of pyridine rings is 1. The second-order valence-corrected chi connectivity index (χ2v) is 6.42. The number of esters is 1. The zero-order chi connectivity index (χ0) is 19.4. The Morgan fingerprint density at radius 1 is 1.08 bits per heavy atom. The average molecular weight is 416 g/mol. The number of hydrogen-bond acceptors (Lipinski definition) is 5. The predicted molar refractivity (Wildman–Crippen MR) is 99.2 cm³/mol. The van der Waals surface area contributed by atoms with Crippen molar-refractivity contribution < 1.29 is 19.1 Å². The summed E-state index contributed by atoms with van der Waals surface area (Å²) in [5.41, 5.74) is 0.725. The number of aromatic nitrogens is 1. The summed E-state index contributed by atoms with van der Waals surface area (Å²) in [6.07, 6.45) is 0.0375. The van der Waals surface area contributed by atoms with Crippen LogP contribution >= 0.6 is 34.8 Å². The van der Waals surface area contributed by atoms with Crippen LogP contribution in [0.2, 0.25) is 15.1 Å². The van der Waals surface area contributed by atoms with Crippen LogP contribution < -0.4 is 5.32 Å². The van der Waals surface area contributed by atoms with Gasteiger partial charge in [0.1, 0.15) is 0 Å². The van der Waals surface area contributed by atoms with Gasteiger partial charge < -0.3 is 10.1 Å². The molecule has 26 heavy (non-hydrogen) atoms. The van der Waals surface area contributed by atoms with E-state index in [2.05, 4.69) is 10.3 Å². The molecular weight excluding hydrogens is 403 g/mol. The van der Waals surface area contributed by atoms with Crippen LogP contribution in [0.4, 0.5) is 5.69 Å². The number of ether oxygens (including phenoxy) is 1. The van der Waals surface area contributed by atoms with Gasteiger partial charge in [0.05, 0.1) is 15.1 Å². The third kappa shape index (κ3) is 4.72. The van der Waals surface area contributed by atoms with Crippen molar-refractivity contribution in [3.63, 3.8) is 0 Å². The molecule has 2 rings (SSSR count). The molecule has 0 saturated heterocycles. The highest BCUT2D eigenvalue weighted by atomic mass is 35.5. The first-order valence-electron chi connectivity index (χ1n) is 7.33. The highest BCUT2D eigenvalue weighted by Gasteiger charge is 2.23. The number of anilines is 1. The maximum atomic E-state index is 12.1. The van der Waals surface area contributed by atoms with Gasteiger partial charge in [0, 0.05) is 17.4 Å². The normalized spacial score (nSPS) is 11.6. The number of nitrogens with one attached hydrogen (secondary N) is 1. The van der Waals surface area contributed by atoms with E-state index in [0.717, 1.165) is 6.20 Å². The smallest absolute Gasteiger partial charge is 0.359 e. The lowest BCUT2D eigenvalue weighted by molar-refractivity contribution is -0.123. The van der Waals surface area contributed by atoms with E-state index in [1.54, 1.807) is 24.3 Å². The summed E-state index contributed by atoms with van der Waals surface area (Å²) in [6.45, 7) is 2.83. The second-order valence-electron chi connectivity index (χ2n) is 5.25. The van der Waals surface area contributed by atoms with Gasteiger partial charge >= 0.3 is 5.97 Å². The van der Waals surface area contributed by atoms with Gasteiger partial charge in [-0.3, -0.25) is 9.59 Å². The van der Waals surface area contributed by atoms with Gasteiger partial charge in [-0.05, 0) is 38.1 Å². The molecule has 0 aliphatic rings. The van der Waals surface area contributed by atoms with Gasteiger partial charge in [-0.2, -0.15) is 0 Å². The van der Waals surface area contributed by atoms with E-state index in [0.29, 0.717) is 11.3 Å². The SMILES string of the molecule is CC(=O)c1ccc(NC(=O)[C@H](C)OC(=O)c2ncc(Cl)c(Cl)c2Cl)cc1. The van der Waals surface area contributed by atoms with Crippen molar-refractivity contribution in [3.8, 4) is 0 Å². The summed E-state index contributed by atoms with van der Waals surface area (Å²) in [4.78, 5) is 39.3. The standard InChI is InChI=1S/C17H13Cl3N2O4/c1-8(23)10-3-5-11(6-4-10)22-16(24)9(2)26-17(25)15-14(20)13(19)12(18)7-21-15/h3-7,9H,1-2H3,(H,22,24)/t9-/m0/s1. The van der Waals surface area contributed by atoms with Crippen LogP contribution in [0, 0.1) is 0 Å². The highest BCUT2D eigenvalue weighted by molar-refractivity contribution is 6.48. The number of hydrogen-bond donors (Lipinski definition) is 1. The fourth-order valence-electron chi connectivity index (χ4n) is 1.89. The molecule has 1 N–H and O–H groups in total. The van der Waals surface area contributed by atoms with Crippen LogP contribution in [0.25, 0.3) is 0 Å². The molecule has 0 radical (unpaired) electrons. The zero-order valence-electron chi connectivity index (χ0n) is 13.7. The van der Waals surface area contributed by atoms with E-state index >= 15 is 0 Å². The molecule has 0 bridgehead atoms. The molecule has 1 amide bonds. The average Bonchev–Trinajstić information content (AvgIpc) is 2.60. The number of amides is 1. The molecule has 2 aromatic rings. The number of carbonyl (C=O) groups excluding carboxylic acids is 3. The van der Waals surface area contributed by atoms with Crippen LogP contribution in [0.3, 0.4) is 0 Å². The van der Waals surface area contributed by atoms with E-state index in [9.17, 15) is 14.4 Å². The quantitative estimate of drug-likeness (QED) is 0.577. The Kier molecular flexibility index (Phi) is 6.58. The van der Waals surface area contributed by atoms with Crippen LogP contribution in [-0.4, -0.2) is 28.7 Å². The Hall–Kier alpha value is -2.15. The van der Waals surface area contributed by atoms with E-state index < -0.39 is 18.0 Å². The summed E-state index contributed by atoms with van der Waals surface area (Å²) < 4.78 is 5.05. The van der Waals surface area contributed by atoms with E-state index in [1.807, 2.05) is 0 Å². The van der Waals surface area contributed by atoms with Crippen molar-refractivity contribution in [1.29, 1.82) is 0 Å². The minimum absolute atomic E-state index is 0.0297. The minimum atomic E-state index is -1.12. The van der Waals surface area contributed by atoms with Crippen molar-refractivity contribution in [2.45, 2.75) is 20.0 Å². The molecule has 0 fully saturated rings. The maximum Gasteiger partial charge on any atom is 0.359 e. The molecule has 136 valence electrons. The Balaban J connectivity index is 2.03. The van der Waals surface area contributed by atoms with E-state index in [1.165, 1.54) is 13.8 Å². The Morgan fingerprint density at radius 3 is 2.27 bits per heavy atom.